The van der Waals surface area contributed by atoms with Crippen LogP contribution in [0.15, 0.2) is 0 Å². The van der Waals surface area contributed by atoms with E-state index in [1.165, 1.54) is 52.0 Å². The first-order valence-corrected chi connectivity index (χ1v) is 12.1. The van der Waals surface area contributed by atoms with Crippen molar-refractivity contribution in [2.45, 2.75) is 78.6 Å². The Balaban J connectivity index is 0.00000145. The molecule has 1 saturated carbocycles. The Kier molecular flexibility index (Phi) is 10.1. The number of ketones is 1. The molecule has 0 radical (unpaired) electrons. The standard InChI is InChI=1S/C22H39N3O2.C2H6/c1-19(26)17-22(8-3-4-9-22)18-21(27)25-11-6-20(7-12-25)5-10-24-15-13-23(2)14-16-24;1-2/h20H,3-18H2,1-2H3;1-2H3. The van der Waals surface area contributed by atoms with E-state index >= 15 is 0 Å². The number of carbonyl (C=O) groups excluding carboxylic acids is 2. The molecule has 0 bridgehead atoms. The average Bonchev–Trinajstić information content (AvgIpc) is 3.16. The number of Topliss-reactive ketones (excluding diaryl/α,β-unsaturated/α-hetero) is 1. The molecule has 2 heterocycles. The van der Waals surface area contributed by atoms with Gasteiger partial charge in [0.15, 0.2) is 0 Å². The van der Waals surface area contributed by atoms with Gasteiger partial charge in [0.25, 0.3) is 0 Å². The zero-order chi connectivity index (χ0) is 21.3. The van der Waals surface area contributed by atoms with Crippen molar-refractivity contribution in [3.63, 3.8) is 0 Å². The molecule has 0 aromatic heterocycles. The molecule has 1 amide bonds. The monoisotopic (exact) mass is 407 g/mol. The lowest BCUT2D eigenvalue weighted by molar-refractivity contribution is -0.135. The van der Waals surface area contributed by atoms with Crippen LogP contribution >= 0.6 is 0 Å². The normalized spacial score (nSPS) is 23.5. The SMILES string of the molecule is CC.CC(=O)CC1(CC(=O)N2CCC(CCN3CCN(C)CC3)CC2)CCCC1. The van der Waals surface area contributed by atoms with Crippen molar-refractivity contribution >= 4 is 11.7 Å². The van der Waals surface area contributed by atoms with Crippen LogP contribution in [0.5, 0.6) is 0 Å². The van der Waals surface area contributed by atoms with Crippen molar-refractivity contribution in [2.24, 2.45) is 11.3 Å². The van der Waals surface area contributed by atoms with Crippen molar-refractivity contribution < 1.29 is 9.59 Å². The molecule has 3 fully saturated rings. The van der Waals surface area contributed by atoms with E-state index in [0.717, 1.165) is 44.7 Å². The molecule has 0 unspecified atom stereocenters. The summed E-state index contributed by atoms with van der Waals surface area (Å²) in [6.45, 7) is 13.5. The van der Waals surface area contributed by atoms with E-state index in [4.69, 9.17) is 0 Å². The molecule has 0 spiro atoms. The summed E-state index contributed by atoms with van der Waals surface area (Å²) in [6, 6.07) is 0. The van der Waals surface area contributed by atoms with Gasteiger partial charge >= 0.3 is 0 Å². The van der Waals surface area contributed by atoms with Gasteiger partial charge < -0.3 is 19.5 Å². The van der Waals surface area contributed by atoms with Crippen LogP contribution in [-0.4, -0.2) is 79.3 Å². The summed E-state index contributed by atoms with van der Waals surface area (Å²) in [6.07, 6.45) is 9.24. The largest absolute Gasteiger partial charge is 0.343 e. The third-order valence-corrected chi connectivity index (χ3v) is 7.23. The Hall–Kier alpha value is -0.940. The molecule has 0 aromatic rings. The molecule has 0 N–H and O–H groups in total. The first kappa shape index (κ1) is 24.3. The molecule has 2 saturated heterocycles. The molecule has 3 aliphatic rings. The Labute approximate surface area is 179 Å². The average molecular weight is 408 g/mol. The van der Waals surface area contributed by atoms with E-state index in [2.05, 4.69) is 21.7 Å². The van der Waals surface area contributed by atoms with Crippen LogP contribution in [0.2, 0.25) is 0 Å². The van der Waals surface area contributed by atoms with Crippen LogP contribution in [0.4, 0.5) is 0 Å². The first-order valence-electron chi connectivity index (χ1n) is 12.1. The highest BCUT2D eigenvalue weighted by atomic mass is 16.2. The van der Waals surface area contributed by atoms with Gasteiger partial charge in [0, 0.05) is 52.1 Å². The fourth-order valence-corrected chi connectivity index (χ4v) is 5.41. The second-order valence-corrected chi connectivity index (χ2v) is 9.52. The Morgan fingerprint density at radius 1 is 0.897 bits per heavy atom. The third-order valence-electron chi connectivity index (χ3n) is 7.23. The summed E-state index contributed by atoms with van der Waals surface area (Å²) in [5.41, 5.74) is -0.0266. The maximum absolute atomic E-state index is 12.9. The predicted octanol–water partition coefficient (Wildman–Crippen LogP) is 3.82. The second kappa shape index (κ2) is 12.0. The van der Waals surface area contributed by atoms with E-state index in [0.29, 0.717) is 18.7 Å². The summed E-state index contributed by atoms with van der Waals surface area (Å²) < 4.78 is 0. The maximum Gasteiger partial charge on any atom is 0.223 e. The number of nitrogens with zero attached hydrogens (tertiary/aromatic N) is 3. The number of hydrogen-bond donors (Lipinski definition) is 0. The van der Waals surface area contributed by atoms with Crippen molar-refractivity contribution in [3.8, 4) is 0 Å². The van der Waals surface area contributed by atoms with Gasteiger partial charge in [-0.3, -0.25) is 4.79 Å². The minimum absolute atomic E-state index is 0.0266. The number of piperazine rings is 1. The van der Waals surface area contributed by atoms with Crippen molar-refractivity contribution in [2.75, 3.05) is 52.9 Å². The summed E-state index contributed by atoms with van der Waals surface area (Å²) in [5.74, 6) is 1.31. The van der Waals surface area contributed by atoms with Crippen molar-refractivity contribution in [3.05, 3.63) is 0 Å². The van der Waals surface area contributed by atoms with E-state index in [1.807, 2.05) is 13.8 Å². The molecule has 2 aliphatic heterocycles. The van der Waals surface area contributed by atoms with Crippen LogP contribution in [0, 0.1) is 11.3 Å². The van der Waals surface area contributed by atoms with Crippen LogP contribution < -0.4 is 0 Å². The van der Waals surface area contributed by atoms with Crippen molar-refractivity contribution in [1.82, 2.24) is 14.7 Å². The summed E-state index contributed by atoms with van der Waals surface area (Å²) >= 11 is 0. The van der Waals surface area contributed by atoms with Gasteiger partial charge in [0.1, 0.15) is 5.78 Å². The zero-order valence-electron chi connectivity index (χ0n) is 19.5. The first-order chi connectivity index (χ1) is 14.0. The molecule has 5 nitrogen and oxygen atoms in total. The number of rotatable bonds is 7. The zero-order valence-corrected chi connectivity index (χ0v) is 19.5. The van der Waals surface area contributed by atoms with Gasteiger partial charge in [0.05, 0.1) is 0 Å². The number of likely N-dealkylation sites (tertiary alicyclic amines) is 1. The quantitative estimate of drug-likeness (QED) is 0.643. The van der Waals surface area contributed by atoms with E-state index in [9.17, 15) is 9.59 Å². The second-order valence-electron chi connectivity index (χ2n) is 9.52. The number of likely N-dealkylation sites (N-methyl/N-ethyl adjacent to an activating group) is 1. The predicted molar refractivity (Wildman–Crippen MR) is 120 cm³/mol. The summed E-state index contributed by atoms with van der Waals surface area (Å²) in [4.78, 5) is 31.7. The van der Waals surface area contributed by atoms with Gasteiger partial charge in [-0.05, 0) is 64.0 Å². The molecule has 1 aliphatic carbocycles. The molecular formula is C24H45N3O2. The van der Waals surface area contributed by atoms with E-state index in [-0.39, 0.29) is 11.2 Å². The minimum Gasteiger partial charge on any atom is -0.343 e. The molecule has 168 valence electrons. The number of carbonyl (C=O) groups is 2. The molecule has 0 atom stereocenters. The highest BCUT2D eigenvalue weighted by Crippen LogP contribution is 2.44. The Bertz CT molecular complexity index is 500. The van der Waals surface area contributed by atoms with Gasteiger partial charge in [0.2, 0.25) is 5.91 Å². The summed E-state index contributed by atoms with van der Waals surface area (Å²) in [5, 5.41) is 0. The third kappa shape index (κ3) is 7.67. The number of amides is 1. The Morgan fingerprint density at radius 2 is 1.48 bits per heavy atom. The summed E-state index contributed by atoms with van der Waals surface area (Å²) in [7, 11) is 2.20. The molecule has 3 rings (SSSR count). The van der Waals surface area contributed by atoms with E-state index in [1.54, 1.807) is 6.92 Å². The van der Waals surface area contributed by atoms with Crippen LogP contribution in [-0.2, 0) is 9.59 Å². The molecular weight excluding hydrogens is 362 g/mol. The fraction of sp³-hybridized carbons (Fsp3) is 0.917. The van der Waals surface area contributed by atoms with Gasteiger partial charge in [-0.25, -0.2) is 0 Å². The minimum atomic E-state index is -0.0266. The maximum atomic E-state index is 12.9. The molecule has 0 aromatic carbocycles. The number of piperidine rings is 1. The van der Waals surface area contributed by atoms with E-state index < -0.39 is 0 Å². The highest BCUT2D eigenvalue weighted by molar-refractivity contribution is 5.80. The highest BCUT2D eigenvalue weighted by Gasteiger charge is 2.38. The lowest BCUT2D eigenvalue weighted by atomic mass is 9.77. The molecule has 29 heavy (non-hydrogen) atoms. The lowest BCUT2D eigenvalue weighted by Gasteiger charge is -2.37. The van der Waals surface area contributed by atoms with Crippen LogP contribution in [0.3, 0.4) is 0 Å². The van der Waals surface area contributed by atoms with Gasteiger partial charge in [-0.15, -0.1) is 0 Å². The molecule has 5 heteroatoms. The van der Waals surface area contributed by atoms with Crippen LogP contribution in [0.25, 0.3) is 0 Å². The van der Waals surface area contributed by atoms with Gasteiger partial charge in [-0.1, -0.05) is 26.7 Å². The number of hydrogen-bond acceptors (Lipinski definition) is 4. The van der Waals surface area contributed by atoms with Gasteiger partial charge in [-0.2, -0.15) is 0 Å². The topological polar surface area (TPSA) is 43.9 Å². The Morgan fingerprint density at radius 3 is 2.03 bits per heavy atom. The fourth-order valence-electron chi connectivity index (χ4n) is 5.41. The lowest BCUT2D eigenvalue weighted by Crippen LogP contribution is -2.45. The van der Waals surface area contributed by atoms with Crippen LogP contribution in [0.1, 0.15) is 78.6 Å². The smallest absolute Gasteiger partial charge is 0.223 e. The van der Waals surface area contributed by atoms with Crippen molar-refractivity contribution in [1.29, 1.82) is 0 Å².